The summed E-state index contributed by atoms with van der Waals surface area (Å²) in [7, 11) is 0. The van der Waals surface area contributed by atoms with Gasteiger partial charge >= 0.3 is 339 Å². The summed E-state index contributed by atoms with van der Waals surface area (Å²) >= 11 is -3.80. The molecule has 4 aromatic rings. The summed E-state index contributed by atoms with van der Waals surface area (Å²) in [5, 5.41) is 0. The molecular formula is C49H54Cl2F6Zr. The Hall–Kier alpha value is -2.73. The molecule has 0 aromatic heterocycles. The number of hydrogen-bond acceptors (Lipinski definition) is 0. The smallest absolute Gasteiger partial charge is 1.00 e. The zero-order valence-electron chi connectivity index (χ0n) is 35.0. The molecule has 0 bridgehead atoms. The second-order valence-electron chi connectivity index (χ2n) is 18.7. The maximum atomic E-state index is 14.5. The summed E-state index contributed by atoms with van der Waals surface area (Å²) in [6, 6.07) is 24.0. The first-order valence-electron chi connectivity index (χ1n) is 19.7. The number of hydrogen-bond donors (Lipinski definition) is 0. The van der Waals surface area contributed by atoms with Crippen LogP contribution in [0.4, 0.5) is 26.3 Å². The van der Waals surface area contributed by atoms with Gasteiger partial charge in [-0.05, 0) is 0 Å². The van der Waals surface area contributed by atoms with E-state index in [2.05, 4.69) is 118 Å². The van der Waals surface area contributed by atoms with Crippen molar-refractivity contribution in [1.29, 1.82) is 0 Å². The number of fused-ring (bicyclic) bond motifs is 3. The van der Waals surface area contributed by atoms with Gasteiger partial charge in [0.1, 0.15) is 0 Å². The van der Waals surface area contributed by atoms with Crippen molar-refractivity contribution in [1.82, 2.24) is 0 Å². The zero-order chi connectivity index (χ0) is 41.2. The molecule has 310 valence electrons. The average Bonchev–Trinajstić information content (AvgIpc) is 3.67. The number of alkyl halides is 6. The predicted octanol–water partition coefficient (Wildman–Crippen LogP) is 8.96. The summed E-state index contributed by atoms with van der Waals surface area (Å²) < 4.78 is 88.9. The molecule has 0 saturated heterocycles. The van der Waals surface area contributed by atoms with Crippen molar-refractivity contribution in [3.63, 3.8) is 0 Å². The van der Waals surface area contributed by atoms with Gasteiger partial charge in [-0.25, -0.2) is 0 Å². The van der Waals surface area contributed by atoms with Crippen LogP contribution in [0.3, 0.4) is 0 Å². The number of halogens is 8. The SMILES string of the molecule is CCCCC1C=C(C(C)(C)C)C=[C]1[Zr+2](=[C](c1cccc(C(F)(F)F)c1)c1cccc(C(F)(F)F)c1)[CH]1c2ccc(C(C)(C)C)cc2-c2cc(C(C)(C)C)ccc21.[Cl-].[Cl-]. The molecule has 2 aliphatic carbocycles. The Morgan fingerprint density at radius 1 is 0.569 bits per heavy atom. The summed E-state index contributed by atoms with van der Waals surface area (Å²) in [5.74, 6) is 0.0281. The van der Waals surface area contributed by atoms with Crippen LogP contribution < -0.4 is 24.8 Å². The first kappa shape index (κ1) is 47.9. The van der Waals surface area contributed by atoms with Crippen LogP contribution in [0.5, 0.6) is 0 Å². The molecule has 2 aliphatic rings. The van der Waals surface area contributed by atoms with Gasteiger partial charge in [0.15, 0.2) is 0 Å². The molecule has 1 unspecified atom stereocenters. The van der Waals surface area contributed by atoms with Crippen LogP contribution >= 0.6 is 0 Å². The normalized spacial score (nSPS) is 15.7. The van der Waals surface area contributed by atoms with Gasteiger partial charge in [0.2, 0.25) is 0 Å². The molecule has 1 atom stereocenters. The Morgan fingerprint density at radius 2 is 1.02 bits per heavy atom. The van der Waals surface area contributed by atoms with Crippen molar-refractivity contribution >= 4 is 3.21 Å². The Morgan fingerprint density at radius 3 is 1.40 bits per heavy atom. The van der Waals surface area contributed by atoms with Gasteiger partial charge in [-0.1, -0.05) is 0 Å². The molecule has 0 nitrogen and oxygen atoms in total. The molecule has 0 radical (unpaired) electrons. The molecule has 0 amide bonds. The van der Waals surface area contributed by atoms with Crippen LogP contribution in [0.25, 0.3) is 11.1 Å². The Balaban J connectivity index is 0.00000372. The van der Waals surface area contributed by atoms with Crippen molar-refractivity contribution in [2.75, 3.05) is 0 Å². The van der Waals surface area contributed by atoms with E-state index in [9.17, 15) is 26.3 Å². The summed E-state index contributed by atoms with van der Waals surface area (Å²) in [6.07, 6.45) is -1.81. The number of rotatable bonds is 7. The standard InChI is InChI=1S/C21H25.C15H8F6.C13H21.2ClH.Zr/c1-20(2,3)16-9-7-14-11-15-8-10-17(21(4,5)6)13-19(15)18(14)12-16;16-14(17,18)12-5-1-3-10(8-12)7-11-4-2-6-13(9-11)15(19,20)21;1-5-6-7-11-8-9-12(10-11)13(2,3)4;;;/h7-13H,1-6H3;1-6,8-9H;9-11H,5-7H2,1-4H3;2*1H;/q;;;;;+2/p-2. The first-order valence-corrected chi connectivity index (χ1v) is 23.6. The van der Waals surface area contributed by atoms with Crippen LogP contribution in [-0.4, -0.2) is 3.21 Å². The van der Waals surface area contributed by atoms with Crippen molar-refractivity contribution < 1.29 is 72.4 Å². The quantitative estimate of drug-likeness (QED) is 0.163. The number of allylic oxidation sites excluding steroid dienone is 4. The molecule has 0 spiro atoms. The molecule has 0 aliphatic heterocycles. The third kappa shape index (κ3) is 9.90. The molecule has 4 aromatic carbocycles. The maximum absolute atomic E-state index is 14.5. The Labute approximate surface area is 361 Å². The van der Waals surface area contributed by atoms with E-state index in [1.54, 1.807) is 12.1 Å². The molecule has 58 heavy (non-hydrogen) atoms. The molecule has 0 heterocycles. The summed E-state index contributed by atoms with van der Waals surface area (Å²) in [4.78, 5) is 0. The van der Waals surface area contributed by atoms with Crippen molar-refractivity contribution in [2.24, 2.45) is 11.3 Å². The van der Waals surface area contributed by atoms with Gasteiger partial charge in [-0.15, -0.1) is 0 Å². The predicted molar refractivity (Wildman–Crippen MR) is 216 cm³/mol. The van der Waals surface area contributed by atoms with Crippen molar-refractivity contribution in [2.45, 2.75) is 115 Å². The second kappa shape index (κ2) is 17.3. The largest absolute Gasteiger partial charge is 1.00 e. The second-order valence-corrected chi connectivity index (χ2v) is 24.8. The molecule has 0 saturated carbocycles. The summed E-state index contributed by atoms with van der Waals surface area (Å²) in [6.45, 7) is 21.8. The minimum absolute atomic E-state index is 0. The fourth-order valence-corrected chi connectivity index (χ4v) is 17.8. The monoisotopic (exact) mass is 916 g/mol. The van der Waals surface area contributed by atoms with Crippen LogP contribution in [0.2, 0.25) is 0 Å². The topological polar surface area (TPSA) is 0 Å². The third-order valence-electron chi connectivity index (χ3n) is 11.4. The van der Waals surface area contributed by atoms with E-state index >= 15 is 0 Å². The Bertz CT molecular complexity index is 2110. The average molecular weight is 919 g/mol. The van der Waals surface area contributed by atoms with Crippen molar-refractivity contribution in [3.05, 3.63) is 150 Å². The first-order chi connectivity index (χ1) is 25.9. The van der Waals surface area contributed by atoms with Gasteiger partial charge in [-0.2, -0.15) is 0 Å². The van der Waals surface area contributed by atoms with E-state index < -0.39 is 44.7 Å². The van der Waals surface area contributed by atoms with Gasteiger partial charge < -0.3 is 24.8 Å². The van der Waals surface area contributed by atoms with Crippen LogP contribution in [0.1, 0.15) is 137 Å². The minimum Gasteiger partial charge on any atom is -1.00 e. The number of unbranched alkanes of at least 4 members (excludes halogenated alkanes) is 1. The molecule has 0 fully saturated rings. The Kier molecular flexibility index (Phi) is 14.3. The molecule has 9 heteroatoms. The third-order valence-corrected chi connectivity index (χ3v) is 19.9. The molecule has 6 rings (SSSR count). The van der Waals surface area contributed by atoms with Gasteiger partial charge in [0, 0.05) is 0 Å². The van der Waals surface area contributed by atoms with E-state index in [1.165, 1.54) is 44.2 Å². The minimum atomic E-state index is -4.63. The van der Waals surface area contributed by atoms with Gasteiger partial charge in [0.25, 0.3) is 0 Å². The van der Waals surface area contributed by atoms with Gasteiger partial charge in [-0.3, -0.25) is 0 Å². The van der Waals surface area contributed by atoms with E-state index in [0.717, 1.165) is 53.6 Å². The van der Waals surface area contributed by atoms with E-state index in [-0.39, 0.29) is 50.6 Å². The fraction of sp³-hybridized carbons (Fsp3) is 0.408. The summed E-state index contributed by atoms with van der Waals surface area (Å²) in [5.41, 5.74) is 6.55. The maximum Gasteiger partial charge on any atom is -1.00 e. The fourth-order valence-electron chi connectivity index (χ4n) is 8.17. The molecular weight excluding hydrogens is 865 g/mol. The zero-order valence-corrected chi connectivity index (χ0v) is 39.0. The van der Waals surface area contributed by atoms with E-state index in [0.29, 0.717) is 14.3 Å². The number of benzene rings is 4. The molecule has 0 N–H and O–H groups in total. The van der Waals surface area contributed by atoms with Crippen LogP contribution in [0.15, 0.2) is 106 Å². The van der Waals surface area contributed by atoms with Crippen LogP contribution in [0, 0.1) is 11.3 Å². The van der Waals surface area contributed by atoms with Crippen LogP contribution in [-0.2, 0) is 44.4 Å². The van der Waals surface area contributed by atoms with Crippen molar-refractivity contribution in [3.8, 4) is 11.1 Å². The van der Waals surface area contributed by atoms with E-state index in [4.69, 9.17) is 0 Å². The van der Waals surface area contributed by atoms with Gasteiger partial charge in [0.05, 0.1) is 0 Å². The van der Waals surface area contributed by atoms with E-state index in [1.807, 2.05) is 0 Å².